The van der Waals surface area contributed by atoms with Gasteiger partial charge in [-0.15, -0.1) is 0 Å². The largest absolute Gasteiger partial charge is 0.412 e. The summed E-state index contributed by atoms with van der Waals surface area (Å²) in [5.74, 6) is 0. The van der Waals surface area contributed by atoms with Crippen LogP contribution >= 0.6 is 7.60 Å². The van der Waals surface area contributed by atoms with Crippen LogP contribution in [-0.2, 0) is 18.0 Å². The molecular weight excluding hydrogens is 307 g/mol. The molecule has 0 aliphatic rings. The molecule has 1 atom stereocenters. The van der Waals surface area contributed by atoms with E-state index in [0.29, 0.717) is 19.6 Å². The van der Waals surface area contributed by atoms with Crippen LogP contribution in [0.5, 0.6) is 0 Å². The summed E-state index contributed by atoms with van der Waals surface area (Å²) >= 11 is 0. The van der Waals surface area contributed by atoms with Gasteiger partial charge in [0.25, 0.3) is 0 Å². The fourth-order valence-electron chi connectivity index (χ4n) is 1.64. The van der Waals surface area contributed by atoms with E-state index in [1.807, 2.05) is 0 Å². The van der Waals surface area contributed by atoms with Crippen LogP contribution < -0.4 is 0 Å². The fourth-order valence-corrected chi connectivity index (χ4v) is 4.75. The molecular formula is C14H33O5PSi. The smallest absolute Gasteiger partial charge is 0.330 e. The van der Waals surface area contributed by atoms with Crippen LogP contribution in [0.25, 0.3) is 0 Å². The Bertz CT molecular complexity index is 331. The topological polar surface area (TPSA) is 65.0 Å². The molecule has 0 aliphatic carbocycles. The van der Waals surface area contributed by atoms with Gasteiger partial charge in [0.15, 0.2) is 8.32 Å². The summed E-state index contributed by atoms with van der Waals surface area (Å²) in [6.45, 7) is 14.9. The molecule has 1 unspecified atom stereocenters. The quantitative estimate of drug-likeness (QED) is 0.480. The maximum Gasteiger partial charge on any atom is 0.330 e. The highest BCUT2D eigenvalue weighted by Crippen LogP contribution is 2.49. The summed E-state index contributed by atoms with van der Waals surface area (Å²) in [5, 5.41) is 9.61. The maximum absolute atomic E-state index is 12.4. The van der Waals surface area contributed by atoms with E-state index in [2.05, 4.69) is 33.9 Å². The molecule has 0 aliphatic heterocycles. The van der Waals surface area contributed by atoms with E-state index < -0.39 is 15.9 Å². The molecule has 0 aromatic carbocycles. The Balaban J connectivity index is 4.68. The Morgan fingerprint density at radius 3 is 1.95 bits per heavy atom. The summed E-state index contributed by atoms with van der Waals surface area (Å²) in [6, 6.07) is 0. The number of aliphatic hydroxyl groups excluding tert-OH is 1. The van der Waals surface area contributed by atoms with Gasteiger partial charge in [0.1, 0.15) is 0 Å². The van der Waals surface area contributed by atoms with Crippen LogP contribution in [0.4, 0.5) is 0 Å². The van der Waals surface area contributed by atoms with E-state index in [0.717, 1.165) is 0 Å². The van der Waals surface area contributed by atoms with E-state index in [9.17, 15) is 9.67 Å². The van der Waals surface area contributed by atoms with Crippen LogP contribution in [0, 0.1) is 0 Å². The third-order valence-corrected chi connectivity index (χ3v) is 10.5. The molecule has 0 heterocycles. The van der Waals surface area contributed by atoms with Gasteiger partial charge < -0.3 is 18.6 Å². The summed E-state index contributed by atoms with van der Waals surface area (Å²) in [4.78, 5) is 0. The van der Waals surface area contributed by atoms with Gasteiger partial charge in [-0.2, -0.15) is 0 Å². The van der Waals surface area contributed by atoms with E-state index in [1.54, 1.807) is 13.8 Å². The molecule has 0 saturated carbocycles. The minimum absolute atomic E-state index is 0.0734. The van der Waals surface area contributed by atoms with Gasteiger partial charge in [-0.05, 0) is 38.4 Å². The van der Waals surface area contributed by atoms with Crippen molar-refractivity contribution >= 4 is 15.9 Å². The summed E-state index contributed by atoms with van der Waals surface area (Å²) in [5.41, 5.74) is 0. The first-order chi connectivity index (χ1) is 9.51. The van der Waals surface area contributed by atoms with Crippen molar-refractivity contribution in [1.29, 1.82) is 0 Å². The van der Waals surface area contributed by atoms with Gasteiger partial charge in [0.05, 0.1) is 32.1 Å². The molecule has 0 rings (SSSR count). The highest BCUT2D eigenvalue weighted by Gasteiger charge is 2.39. The lowest BCUT2D eigenvalue weighted by atomic mass is 10.2. The highest BCUT2D eigenvalue weighted by atomic mass is 31.2. The SMILES string of the molecule is CCOP(=O)(CCC(CO)O[Si](C)(C)C(C)(C)C)OCC. The first-order valence-electron chi connectivity index (χ1n) is 7.68. The fraction of sp³-hybridized carbons (Fsp3) is 1.00. The lowest BCUT2D eigenvalue weighted by molar-refractivity contribution is 0.0981. The zero-order chi connectivity index (χ0) is 16.7. The average Bonchev–Trinajstić information content (AvgIpc) is 2.33. The Morgan fingerprint density at radius 1 is 1.14 bits per heavy atom. The molecule has 0 amide bonds. The van der Waals surface area contributed by atoms with Crippen molar-refractivity contribution in [3.05, 3.63) is 0 Å². The molecule has 0 bridgehead atoms. The van der Waals surface area contributed by atoms with Crippen LogP contribution in [0.1, 0.15) is 41.0 Å². The lowest BCUT2D eigenvalue weighted by Gasteiger charge is -2.39. The third-order valence-electron chi connectivity index (χ3n) is 3.85. The molecule has 0 aromatic heterocycles. The summed E-state index contributed by atoms with van der Waals surface area (Å²) < 4.78 is 29.1. The maximum atomic E-state index is 12.4. The zero-order valence-corrected chi connectivity index (χ0v) is 16.5. The Labute approximate surface area is 131 Å². The van der Waals surface area contributed by atoms with E-state index in [4.69, 9.17) is 13.5 Å². The van der Waals surface area contributed by atoms with E-state index in [-0.39, 0.29) is 23.9 Å². The van der Waals surface area contributed by atoms with E-state index >= 15 is 0 Å². The summed E-state index contributed by atoms with van der Waals surface area (Å²) in [6.07, 6.45) is 0.426. The molecule has 0 radical (unpaired) electrons. The number of hydrogen-bond acceptors (Lipinski definition) is 5. The first-order valence-corrected chi connectivity index (χ1v) is 12.3. The standard InChI is InChI=1S/C14H33O5PSi/c1-8-17-20(16,18-9-2)11-10-13(12-15)19-21(6,7)14(3,4)5/h13,15H,8-12H2,1-7H3. The van der Waals surface area contributed by atoms with Gasteiger partial charge in [-0.1, -0.05) is 20.8 Å². The normalized spacial score (nSPS) is 15.2. The molecule has 7 heteroatoms. The molecule has 0 fully saturated rings. The van der Waals surface area contributed by atoms with Crippen LogP contribution in [0.2, 0.25) is 18.1 Å². The molecule has 1 N–H and O–H groups in total. The Morgan fingerprint density at radius 2 is 1.62 bits per heavy atom. The van der Waals surface area contributed by atoms with Crippen LogP contribution in [-0.4, -0.2) is 45.5 Å². The monoisotopic (exact) mass is 340 g/mol. The molecule has 5 nitrogen and oxygen atoms in total. The number of rotatable bonds is 10. The molecule has 0 aromatic rings. The lowest BCUT2D eigenvalue weighted by Crippen LogP contribution is -2.45. The third kappa shape index (κ3) is 7.40. The predicted molar refractivity (Wildman–Crippen MR) is 89.5 cm³/mol. The van der Waals surface area contributed by atoms with Gasteiger partial charge in [0, 0.05) is 0 Å². The molecule has 0 saturated heterocycles. The van der Waals surface area contributed by atoms with Crippen molar-refractivity contribution in [3.8, 4) is 0 Å². The predicted octanol–water partition coefficient (Wildman–Crippen LogP) is 4.03. The van der Waals surface area contributed by atoms with E-state index in [1.165, 1.54) is 0 Å². The van der Waals surface area contributed by atoms with Gasteiger partial charge >= 0.3 is 7.60 Å². The molecule has 0 spiro atoms. The minimum atomic E-state index is -3.07. The van der Waals surface area contributed by atoms with Crippen molar-refractivity contribution in [2.75, 3.05) is 26.0 Å². The van der Waals surface area contributed by atoms with Crippen molar-refractivity contribution in [1.82, 2.24) is 0 Å². The van der Waals surface area contributed by atoms with Gasteiger partial charge in [0.2, 0.25) is 0 Å². The number of aliphatic hydroxyl groups is 1. The van der Waals surface area contributed by atoms with Crippen molar-refractivity contribution < 1.29 is 23.1 Å². The second-order valence-corrected chi connectivity index (χ2v) is 13.6. The van der Waals surface area contributed by atoms with Crippen molar-refractivity contribution in [3.63, 3.8) is 0 Å². The average molecular weight is 340 g/mol. The Hall–Kier alpha value is 0.287. The number of hydrogen-bond donors (Lipinski definition) is 1. The van der Waals surface area contributed by atoms with Crippen molar-refractivity contribution in [2.24, 2.45) is 0 Å². The highest BCUT2D eigenvalue weighted by molar-refractivity contribution is 7.53. The Kier molecular flexibility index (Phi) is 8.92. The zero-order valence-electron chi connectivity index (χ0n) is 14.6. The molecule has 128 valence electrons. The minimum Gasteiger partial charge on any atom is -0.412 e. The second kappa shape index (κ2) is 8.80. The van der Waals surface area contributed by atoms with Gasteiger partial charge in [-0.3, -0.25) is 4.57 Å². The van der Waals surface area contributed by atoms with Gasteiger partial charge in [-0.25, -0.2) is 0 Å². The van der Waals surface area contributed by atoms with Crippen LogP contribution in [0.3, 0.4) is 0 Å². The summed E-state index contributed by atoms with van der Waals surface area (Å²) in [7, 11) is -5.02. The second-order valence-electron chi connectivity index (χ2n) is 6.64. The molecule has 21 heavy (non-hydrogen) atoms. The van der Waals surface area contributed by atoms with Crippen molar-refractivity contribution in [2.45, 2.75) is 65.3 Å². The van der Waals surface area contributed by atoms with Crippen LogP contribution in [0.15, 0.2) is 0 Å². The first kappa shape index (κ1) is 21.3.